The molecule has 1 aromatic carbocycles. The number of hydrogen-bond donors (Lipinski definition) is 1. The Kier molecular flexibility index (Phi) is 7.80. The van der Waals surface area contributed by atoms with Crippen molar-refractivity contribution in [1.29, 1.82) is 0 Å². The van der Waals surface area contributed by atoms with E-state index in [9.17, 15) is 9.59 Å². The lowest BCUT2D eigenvalue weighted by Gasteiger charge is -2.39. The molecule has 2 aliphatic rings. The zero-order valence-corrected chi connectivity index (χ0v) is 18.0. The Labute approximate surface area is 173 Å². The molecular weight excluding hydrogens is 370 g/mol. The lowest BCUT2D eigenvalue weighted by molar-refractivity contribution is -0.125. The molecule has 0 bridgehead atoms. The SMILES string of the molecule is C[C@@H]1CCC[C@H](C)N1CCCNC(=O)CCC(=O)N1CCSc2ccccc21. The molecule has 2 aliphatic heterocycles. The van der Waals surface area contributed by atoms with E-state index in [1.807, 2.05) is 23.1 Å². The second kappa shape index (κ2) is 10.3. The number of thioether (sulfide) groups is 1. The molecule has 2 heterocycles. The summed E-state index contributed by atoms with van der Waals surface area (Å²) in [4.78, 5) is 30.3. The van der Waals surface area contributed by atoms with Crippen molar-refractivity contribution in [3.8, 4) is 0 Å². The Morgan fingerprint density at radius 2 is 1.89 bits per heavy atom. The van der Waals surface area contributed by atoms with Gasteiger partial charge in [-0.25, -0.2) is 0 Å². The molecular formula is C22H33N3O2S. The molecule has 0 aliphatic carbocycles. The number of para-hydroxylation sites is 1. The third-order valence-electron chi connectivity index (χ3n) is 5.89. The first-order valence-corrected chi connectivity index (χ1v) is 11.6. The van der Waals surface area contributed by atoms with Crippen LogP contribution >= 0.6 is 11.8 Å². The lowest BCUT2D eigenvalue weighted by atomic mass is 9.97. The van der Waals surface area contributed by atoms with Gasteiger partial charge in [0.1, 0.15) is 0 Å². The highest BCUT2D eigenvalue weighted by molar-refractivity contribution is 7.99. The number of anilines is 1. The summed E-state index contributed by atoms with van der Waals surface area (Å²) in [5.74, 6) is 0.925. The van der Waals surface area contributed by atoms with Crippen LogP contribution in [0.4, 0.5) is 5.69 Å². The van der Waals surface area contributed by atoms with E-state index in [1.165, 1.54) is 19.3 Å². The van der Waals surface area contributed by atoms with Crippen molar-refractivity contribution in [2.24, 2.45) is 0 Å². The van der Waals surface area contributed by atoms with Crippen LogP contribution in [-0.4, -0.2) is 54.2 Å². The summed E-state index contributed by atoms with van der Waals surface area (Å²) in [6, 6.07) is 9.28. The number of nitrogens with one attached hydrogen (secondary N) is 1. The highest BCUT2D eigenvalue weighted by Crippen LogP contribution is 2.34. The summed E-state index contributed by atoms with van der Waals surface area (Å²) in [7, 11) is 0. The molecule has 154 valence electrons. The van der Waals surface area contributed by atoms with E-state index < -0.39 is 0 Å². The molecule has 0 radical (unpaired) electrons. The number of piperidine rings is 1. The summed E-state index contributed by atoms with van der Waals surface area (Å²) in [6.07, 6.45) is 5.37. The van der Waals surface area contributed by atoms with E-state index >= 15 is 0 Å². The average Bonchev–Trinajstić information content (AvgIpc) is 2.70. The van der Waals surface area contributed by atoms with Crippen molar-refractivity contribution in [2.45, 2.75) is 69.4 Å². The van der Waals surface area contributed by atoms with Crippen LogP contribution in [0.1, 0.15) is 52.4 Å². The molecule has 3 rings (SSSR count). The Balaban J connectivity index is 1.36. The summed E-state index contributed by atoms with van der Waals surface area (Å²) in [6.45, 7) is 7.04. The monoisotopic (exact) mass is 403 g/mol. The van der Waals surface area contributed by atoms with Gasteiger partial charge in [-0.3, -0.25) is 14.5 Å². The van der Waals surface area contributed by atoms with Gasteiger partial charge in [0.2, 0.25) is 11.8 Å². The third-order valence-corrected chi connectivity index (χ3v) is 6.93. The quantitative estimate of drug-likeness (QED) is 0.706. The van der Waals surface area contributed by atoms with Crippen molar-refractivity contribution in [1.82, 2.24) is 10.2 Å². The topological polar surface area (TPSA) is 52.7 Å². The number of fused-ring (bicyclic) bond motifs is 1. The second-order valence-corrected chi connectivity index (χ2v) is 9.07. The number of carbonyl (C=O) groups is 2. The predicted molar refractivity (Wildman–Crippen MR) is 116 cm³/mol. The van der Waals surface area contributed by atoms with E-state index in [0.29, 0.717) is 25.2 Å². The van der Waals surface area contributed by atoms with Crippen LogP contribution in [0.15, 0.2) is 29.2 Å². The van der Waals surface area contributed by atoms with Crippen molar-refractivity contribution < 1.29 is 9.59 Å². The minimum absolute atomic E-state index is 0.0206. The standard InChI is InChI=1S/C22H33N3O2S/c1-17-7-5-8-18(2)24(17)14-6-13-23-21(26)11-12-22(27)25-15-16-28-20-10-4-3-9-19(20)25/h3-4,9-10,17-18H,5-8,11-16H2,1-2H3,(H,23,26)/t17-,18+. The van der Waals surface area contributed by atoms with Crippen LogP contribution in [0.3, 0.4) is 0 Å². The first kappa shape index (κ1) is 21.2. The first-order valence-electron chi connectivity index (χ1n) is 10.6. The second-order valence-electron chi connectivity index (χ2n) is 7.93. The summed E-state index contributed by atoms with van der Waals surface area (Å²) in [5, 5.41) is 2.99. The zero-order chi connectivity index (χ0) is 19.9. The molecule has 0 aromatic heterocycles. The third kappa shape index (κ3) is 5.51. The Hall–Kier alpha value is -1.53. The molecule has 1 saturated heterocycles. The summed E-state index contributed by atoms with van der Waals surface area (Å²) in [5.41, 5.74) is 0.980. The van der Waals surface area contributed by atoms with Crippen LogP contribution < -0.4 is 10.2 Å². The fourth-order valence-electron chi connectivity index (χ4n) is 4.28. The molecule has 6 heteroatoms. The van der Waals surface area contributed by atoms with Gasteiger partial charge in [-0.1, -0.05) is 18.6 Å². The molecule has 28 heavy (non-hydrogen) atoms. The van der Waals surface area contributed by atoms with Crippen LogP contribution in [0.2, 0.25) is 0 Å². The minimum atomic E-state index is -0.0206. The van der Waals surface area contributed by atoms with Gasteiger partial charge in [0.05, 0.1) is 5.69 Å². The minimum Gasteiger partial charge on any atom is -0.356 e. The molecule has 1 N–H and O–H groups in total. The number of hydrogen-bond acceptors (Lipinski definition) is 4. The molecule has 2 amide bonds. The predicted octanol–water partition coefficient (Wildman–Crippen LogP) is 3.67. The maximum absolute atomic E-state index is 12.6. The van der Waals surface area contributed by atoms with E-state index in [0.717, 1.165) is 29.3 Å². The molecule has 1 aromatic rings. The molecule has 1 fully saturated rings. The lowest BCUT2D eigenvalue weighted by Crippen LogP contribution is -2.44. The molecule has 0 unspecified atom stereocenters. The molecule has 0 spiro atoms. The number of nitrogens with zero attached hydrogens (tertiary/aromatic N) is 2. The average molecular weight is 404 g/mol. The Morgan fingerprint density at radius 1 is 1.14 bits per heavy atom. The van der Waals surface area contributed by atoms with Crippen molar-refractivity contribution in [2.75, 3.05) is 30.3 Å². The Morgan fingerprint density at radius 3 is 2.68 bits per heavy atom. The van der Waals surface area contributed by atoms with Gasteiger partial charge < -0.3 is 10.2 Å². The number of likely N-dealkylation sites (tertiary alicyclic amines) is 1. The van der Waals surface area contributed by atoms with Crippen LogP contribution in [0.5, 0.6) is 0 Å². The van der Waals surface area contributed by atoms with E-state index in [2.05, 4.69) is 30.1 Å². The number of carbonyl (C=O) groups excluding carboxylic acids is 2. The summed E-state index contributed by atoms with van der Waals surface area (Å²) < 4.78 is 0. The van der Waals surface area contributed by atoms with Gasteiger partial charge in [0.25, 0.3) is 0 Å². The van der Waals surface area contributed by atoms with E-state index in [-0.39, 0.29) is 24.7 Å². The fraction of sp³-hybridized carbons (Fsp3) is 0.636. The fourth-order valence-corrected chi connectivity index (χ4v) is 5.27. The van der Waals surface area contributed by atoms with Gasteiger partial charge >= 0.3 is 0 Å². The van der Waals surface area contributed by atoms with E-state index in [1.54, 1.807) is 11.8 Å². The normalized spacial score (nSPS) is 22.6. The van der Waals surface area contributed by atoms with Crippen LogP contribution in [0.25, 0.3) is 0 Å². The highest BCUT2D eigenvalue weighted by Gasteiger charge is 2.24. The highest BCUT2D eigenvalue weighted by atomic mass is 32.2. The molecule has 5 nitrogen and oxygen atoms in total. The van der Waals surface area contributed by atoms with Crippen molar-refractivity contribution in [3.05, 3.63) is 24.3 Å². The van der Waals surface area contributed by atoms with Gasteiger partial charge in [-0.2, -0.15) is 0 Å². The molecule has 2 atom stereocenters. The van der Waals surface area contributed by atoms with Gasteiger partial charge in [0, 0.05) is 55.2 Å². The van der Waals surface area contributed by atoms with Gasteiger partial charge in [-0.15, -0.1) is 11.8 Å². The van der Waals surface area contributed by atoms with Crippen molar-refractivity contribution >= 4 is 29.3 Å². The van der Waals surface area contributed by atoms with Crippen LogP contribution in [-0.2, 0) is 9.59 Å². The van der Waals surface area contributed by atoms with Crippen molar-refractivity contribution in [3.63, 3.8) is 0 Å². The van der Waals surface area contributed by atoms with Crippen LogP contribution in [0, 0.1) is 0 Å². The maximum atomic E-state index is 12.6. The number of rotatable bonds is 7. The zero-order valence-electron chi connectivity index (χ0n) is 17.2. The van der Waals surface area contributed by atoms with E-state index in [4.69, 9.17) is 0 Å². The smallest absolute Gasteiger partial charge is 0.227 e. The molecule has 0 saturated carbocycles. The van der Waals surface area contributed by atoms with Gasteiger partial charge in [-0.05, 0) is 45.2 Å². The maximum Gasteiger partial charge on any atom is 0.227 e. The first-order chi connectivity index (χ1) is 13.6. The number of amides is 2. The number of benzene rings is 1. The Bertz CT molecular complexity index is 672. The summed E-state index contributed by atoms with van der Waals surface area (Å²) >= 11 is 1.78. The van der Waals surface area contributed by atoms with Gasteiger partial charge in [0.15, 0.2) is 0 Å². The largest absolute Gasteiger partial charge is 0.356 e.